The molecule has 1 aliphatic heterocycles. The minimum atomic E-state index is -0.179. The molecule has 0 unspecified atom stereocenters. The fourth-order valence-electron chi connectivity index (χ4n) is 3.91. The van der Waals surface area contributed by atoms with Crippen LogP contribution >= 0.6 is 0 Å². The standard InChI is InChI=1S/C25H25N7O2/c26-13-12-21(33)32-14-4-5-18(15-32)31-25-22(24(28)29-16-30-25)23(27)17-8-10-20(11-9-17)34-19-6-2-1-3-7-19/h1-3,6-11,16,18,27H,4-5,12,14-15H2,(H3,28,29,30,31)/t18-/m1/s1. The largest absolute Gasteiger partial charge is 0.457 e. The highest BCUT2D eigenvalue weighted by atomic mass is 16.5. The zero-order valence-electron chi connectivity index (χ0n) is 18.6. The summed E-state index contributed by atoms with van der Waals surface area (Å²) < 4.78 is 5.83. The van der Waals surface area contributed by atoms with Gasteiger partial charge < -0.3 is 20.7 Å². The number of nitriles is 1. The number of amides is 1. The molecule has 0 spiro atoms. The normalized spacial score (nSPS) is 15.3. The van der Waals surface area contributed by atoms with Crippen molar-refractivity contribution in [3.05, 3.63) is 72.1 Å². The van der Waals surface area contributed by atoms with Crippen molar-refractivity contribution in [2.24, 2.45) is 0 Å². The second kappa shape index (κ2) is 10.4. The molecule has 4 rings (SSSR count). The minimum absolute atomic E-state index is 0.0705. The van der Waals surface area contributed by atoms with Gasteiger partial charge in [-0.05, 0) is 49.2 Å². The summed E-state index contributed by atoms with van der Waals surface area (Å²) in [7, 11) is 0. The number of piperidine rings is 1. The summed E-state index contributed by atoms with van der Waals surface area (Å²) in [6, 6.07) is 18.5. The first-order valence-electron chi connectivity index (χ1n) is 11.0. The van der Waals surface area contributed by atoms with Gasteiger partial charge in [0.1, 0.15) is 35.9 Å². The van der Waals surface area contributed by atoms with Gasteiger partial charge in [0.05, 0.1) is 17.3 Å². The predicted octanol–water partition coefficient (Wildman–Crippen LogP) is 3.58. The number of aromatic nitrogens is 2. The summed E-state index contributed by atoms with van der Waals surface area (Å²) >= 11 is 0. The van der Waals surface area contributed by atoms with Gasteiger partial charge in [0.25, 0.3) is 0 Å². The molecule has 172 valence electrons. The Morgan fingerprint density at radius 1 is 1.18 bits per heavy atom. The molecule has 2 aromatic carbocycles. The van der Waals surface area contributed by atoms with Gasteiger partial charge in [-0.1, -0.05) is 18.2 Å². The van der Waals surface area contributed by atoms with E-state index in [9.17, 15) is 4.79 Å². The first kappa shape index (κ1) is 22.7. The number of anilines is 2. The molecule has 0 saturated carbocycles. The van der Waals surface area contributed by atoms with Crippen molar-refractivity contribution in [3.8, 4) is 17.6 Å². The Hall–Kier alpha value is -4.45. The number of benzene rings is 2. The number of nitrogens with zero attached hydrogens (tertiary/aromatic N) is 4. The maximum absolute atomic E-state index is 12.1. The van der Waals surface area contributed by atoms with Crippen molar-refractivity contribution in [2.45, 2.75) is 25.3 Å². The zero-order chi connectivity index (χ0) is 23.9. The van der Waals surface area contributed by atoms with Crippen LogP contribution in [-0.2, 0) is 4.79 Å². The molecule has 9 heteroatoms. The number of hydrogen-bond acceptors (Lipinski definition) is 8. The Morgan fingerprint density at radius 3 is 2.65 bits per heavy atom. The molecule has 9 nitrogen and oxygen atoms in total. The number of nitrogens with two attached hydrogens (primary N) is 1. The van der Waals surface area contributed by atoms with Crippen LogP contribution in [0.15, 0.2) is 60.9 Å². The second-order valence-corrected chi connectivity index (χ2v) is 7.96. The van der Waals surface area contributed by atoms with Gasteiger partial charge in [-0.25, -0.2) is 9.97 Å². The monoisotopic (exact) mass is 455 g/mol. The van der Waals surface area contributed by atoms with Crippen LogP contribution in [0, 0.1) is 16.7 Å². The Bertz CT molecular complexity index is 1210. The molecule has 1 fully saturated rings. The molecule has 1 amide bonds. The average Bonchev–Trinajstić information content (AvgIpc) is 2.85. The van der Waals surface area contributed by atoms with Crippen molar-refractivity contribution in [2.75, 3.05) is 24.1 Å². The fraction of sp³-hybridized carbons (Fsp3) is 0.240. The lowest BCUT2D eigenvalue weighted by Crippen LogP contribution is -2.45. The van der Waals surface area contributed by atoms with Crippen LogP contribution in [0.2, 0.25) is 0 Å². The van der Waals surface area contributed by atoms with Crippen LogP contribution in [0.3, 0.4) is 0 Å². The van der Waals surface area contributed by atoms with Crippen LogP contribution < -0.4 is 15.8 Å². The molecule has 1 aromatic heterocycles. The summed E-state index contributed by atoms with van der Waals surface area (Å²) in [6.07, 6.45) is 2.86. The maximum atomic E-state index is 12.1. The lowest BCUT2D eigenvalue weighted by Gasteiger charge is -2.33. The van der Waals surface area contributed by atoms with E-state index in [1.54, 1.807) is 29.2 Å². The van der Waals surface area contributed by atoms with Crippen molar-refractivity contribution < 1.29 is 9.53 Å². The maximum Gasteiger partial charge on any atom is 0.236 e. The quantitative estimate of drug-likeness (QED) is 0.462. The fourth-order valence-corrected chi connectivity index (χ4v) is 3.91. The summed E-state index contributed by atoms with van der Waals surface area (Å²) in [4.78, 5) is 22.2. The summed E-state index contributed by atoms with van der Waals surface area (Å²) in [5.74, 6) is 1.85. The highest BCUT2D eigenvalue weighted by Gasteiger charge is 2.25. The van der Waals surface area contributed by atoms with Crippen LogP contribution in [0.25, 0.3) is 0 Å². The van der Waals surface area contributed by atoms with E-state index in [1.807, 2.05) is 36.4 Å². The number of nitrogen functional groups attached to an aromatic ring is 1. The van der Waals surface area contributed by atoms with E-state index >= 15 is 0 Å². The molecule has 3 aromatic rings. The minimum Gasteiger partial charge on any atom is -0.457 e. The summed E-state index contributed by atoms with van der Waals surface area (Å²) in [6.45, 7) is 1.09. The second-order valence-electron chi connectivity index (χ2n) is 7.96. The van der Waals surface area contributed by atoms with E-state index in [0.29, 0.717) is 35.8 Å². The van der Waals surface area contributed by atoms with Gasteiger partial charge in [-0.3, -0.25) is 10.2 Å². The molecule has 1 saturated heterocycles. The van der Waals surface area contributed by atoms with E-state index in [4.69, 9.17) is 21.1 Å². The number of likely N-dealkylation sites (tertiary alicyclic amines) is 1. The molecule has 0 bridgehead atoms. The van der Waals surface area contributed by atoms with Crippen molar-refractivity contribution in [1.82, 2.24) is 14.9 Å². The Morgan fingerprint density at radius 2 is 1.91 bits per heavy atom. The predicted molar refractivity (Wildman–Crippen MR) is 129 cm³/mol. The number of para-hydroxylation sites is 1. The number of ether oxygens (including phenoxy) is 1. The van der Waals surface area contributed by atoms with E-state index in [0.717, 1.165) is 18.6 Å². The molecule has 1 aliphatic rings. The molecule has 0 aliphatic carbocycles. The summed E-state index contributed by atoms with van der Waals surface area (Å²) in [5.41, 5.74) is 7.38. The molecule has 34 heavy (non-hydrogen) atoms. The average molecular weight is 456 g/mol. The molecule has 4 N–H and O–H groups in total. The molecule has 2 heterocycles. The lowest BCUT2D eigenvalue weighted by molar-refractivity contribution is -0.131. The van der Waals surface area contributed by atoms with E-state index < -0.39 is 0 Å². The van der Waals surface area contributed by atoms with Gasteiger partial charge in [-0.2, -0.15) is 5.26 Å². The smallest absolute Gasteiger partial charge is 0.236 e. The highest BCUT2D eigenvalue weighted by molar-refractivity contribution is 6.16. The summed E-state index contributed by atoms with van der Waals surface area (Å²) in [5, 5.41) is 20.9. The van der Waals surface area contributed by atoms with Gasteiger partial charge in [0.2, 0.25) is 5.91 Å². The molecule has 1 atom stereocenters. The molecular weight excluding hydrogens is 430 g/mol. The topological polar surface area (TPSA) is 141 Å². The first-order valence-corrected chi connectivity index (χ1v) is 11.0. The van der Waals surface area contributed by atoms with Gasteiger partial charge in [0.15, 0.2) is 0 Å². The van der Waals surface area contributed by atoms with Crippen LogP contribution in [0.5, 0.6) is 11.5 Å². The molecule has 0 radical (unpaired) electrons. The van der Waals surface area contributed by atoms with Crippen LogP contribution in [0.4, 0.5) is 11.6 Å². The third-order valence-electron chi connectivity index (χ3n) is 5.59. The number of carbonyl (C=O) groups excluding carboxylic acids is 1. The third-order valence-corrected chi connectivity index (χ3v) is 5.59. The van der Waals surface area contributed by atoms with Crippen molar-refractivity contribution >= 4 is 23.3 Å². The molecular formula is C25H25N7O2. The van der Waals surface area contributed by atoms with Crippen molar-refractivity contribution in [3.63, 3.8) is 0 Å². The Labute approximate surface area is 197 Å². The number of rotatable bonds is 7. The lowest BCUT2D eigenvalue weighted by atomic mass is 10.0. The van der Waals surface area contributed by atoms with E-state index in [1.165, 1.54) is 6.33 Å². The zero-order valence-corrected chi connectivity index (χ0v) is 18.6. The van der Waals surface area contributed by atoms with Crippen LogP contribution in [-0.4, -0.2) is 45.6 Å². The van der Waals surface area contributed by atoms with Crippen molar-refractivity contribution in [1.29, 1.82) is 10.7 Å². The number of hydrogen-bond donors (Lipinski definition) is 3. The van der Waals surface area contributed by atoms with Gasteiger partial charge in [0, 0.05) is 24.7 Å². The number of carbonyl (C=O) groups is 1. The van der Waals surface area contributed by atoms with Gasteiger partial charge >= 0.3 is 0 Å². The van der Waals surface area contributed by atoms with Gasteiger partial charge in [-0.15, -0.1) is 0 Å². The van der Waals surface area contributed by atoms with E-state index in [2.05, 4.69) is 15.3 Å². The van der Waals surface area contributed by atoms with E-state index in [-0.39, 0.29) is 29.9 Å². The highest BCUT2D eigenvalue weighted by Crippen LogP contribution is 2.26. The Kier molecular flexibility index (Phi) is 6.98. The third kappa shape index (κ3) is 5.30. The SMILES string of the molecule is N#CCC(=O)N1CCC[C@@H](Nc2ncnc(N)c2C(=N)c2ccc(Oc3ccccc3)cc2)C1. The first-order chi connectivity index (χ1) is 16.5. The Balaban J connectivity index is 1.50. The number of nitrogens with one attached hydrogen (secondary N) is 2. The van der Waals surface area contributed by atoms with Crippen LogP contribution in [0.1, 0.15) is 30.4 Å².